The molecule has 1 atom stereocenters. The average molecular weight is 254 g/mol. The third-order valence-corrected chi connectivity index (χ3v) is 3.67. The second-order valence-electron chi connectivity index (χ2n) is 3.84. The van der Waals surface area contributed by atoms with Crippen LogP contribution in [-0.4, -0.2) is 35.2 Å². The molecule has 3 nitrogen and oxygen atoms in total. The largest absolute Gasteiger partial charge is 0.385 e. The zero-order valence-electron chi connectivity index (χ0n) is 10.1. The number of carbonyl (C=O) groups is 1. The molecular formula is C13H18O3S. The maximum atomic E-state index is 11.6. The highest BCUT2D eigenvalue weighted by molar-refractivity contribution is 7.85. The van der Waals surface area contributed by atoms with Crippen LogP contribution < -0.4 is 0 Å². The van der Waals surface area contributed by atoms with E-state index in [1.165, 1.54) is 0 Å². The van der Waals surface area contributed by atoms with Gasteiger partial charge < -0.3 is 4.74 Å². The molecule has 94 valence electrons. The third-order valence-electron chi connectivity index (χ3n) is 2.29. The molecule has 17 heavy (non-hydrogen) atoms. The molecule has 0 fully saturated rings. The summed E-state index contributed by atoms with van der Waals surface area (Å²) in [6.07, 6.45) is 1.11. The summed E-state index contributed by atoms with van der Waals surface area (Å²) in [7, 11) is 0.560. The highest BCUT2D eigenvalue weighted by Gasteiger charge is 2.08. The van der Waals surface area contributed by atoms with Crippen LogP contribution in [0.3, 0.4) is 0 Å². The van der Waals surface area contributed by atoms with E-state index < -0.39 is 10.8 Å². The second kappa shape index (κ2) is 8.14. The zero-order valence-corrected chi connectivity index (χ0v) is 10.9. The number of methoxy groups -OCH3 is 1. The number of ketones is 1. The van der Waals surface area contributed by atoms with Gasteiger partial charge in [0.2, 0.25) is 0 Å². The van der Waals surface area contributed by atoms with Gasteiger partial charge in [-0.15, -0.1) is 0 Å². The Balaban J connectivity index is 2.27. The van der Waals surface area contributed by atoms with E-state index in [9.17, 15) is 9.00 Å². The average Bonchev–Trinajstić information content (AvgIpc) is 2.30. The summed E-state index contributed by atoms with van der Waals surface area (Å²) in [4.78, 5) is 11.6. The van der Waals surface area contributed by atoms with Crippen LogP contribution in [0.1, 0.15) is 12.0 Å². The monoisotopic (exact) mass is 254 g/mol. The molecule has 0 saturated heterocycles. The van der Waals surface area contributed by atoms with Crippen molar-refractivity contribution < 1.29 is 13.7 Å². The van der Waals surface area contributed by atoms with Crippen LogP contribution in [0, 0.1) is 0 Å². The molecule has 0 N–H and O–H groups in total. The van der Waals surface area contributed by atoms with Gasteiger partial charge in [-0.2, -0.15) is 0 Å². The van der Waals surface area contributed by atoms with Crippen LogP contribution in [-0.2, 0) is 26.8 Å². The van der Waals surface area contributed by atoms with E-state index >= 15 is 0 Å². The normalized spacial score (nSPS) is 12.3. The van der Waals surface area contributed by atoms with Crippen molar-refractivity contribution in [2.24, 2.45) is 0 Å². The molecule has 0 radical (unpaired) electrons. The van der Waals surface area contributed by atoms with E-state index in [0.717, 1.165) is 12.0 Å². The summed E-state index contributed by atoms with van der Waals surface area (Å²) >= 11 is 0. The van der Waals surface area contributed by atoms with E-state index in [1.807, 2.05) is 30.3 Å². The van der Waals surface area contributed by atoms with E-state index in [-0.39, 0.29) is 11.5 Å². The van der Waals surface area contributed by atoms with E-state index in [0.29, 0.717) is 18.8 Å². The summed E-state index contributed by atoms with van der Waals surface area (Å²) in [5.41, 5.74) is 0.978. The number of ether oxygens (including phenoxy) is 1. The summed E-state index contributed by atoms with van der Waals surface area (Å²) < 4.78 is 16.4. The first-order valence-electron chi connectivity index (χ1n) is 5.62. The van der Waals surface area contributed by atoms with Crippen molar-refractivity contribution >= 4 is 16.6 Å². The topological polar surface area (TPSA) is 43.4 Å². The van der Waals surface area contributed by atoms with Crippen molar-refractivity contribution in [2.75, 3.05) is 25.2 Å². The fraction of sp³-hybridized carbons (Fsp3) is 0.462. The van der Waals surface area contributed by atoms with Gasteiger partial charge in [0.05, 0.1) is 5.75 Å². The Morgan fingerprint density at radius 3 is 2.65 bits per heavy atom. The molecule has 0 saturated carbocycles. The van der Waals surface area contributed by atoms with E-state index in [2.05, 4.69) is 0 Å². The number of Topliss-reactive ketones (excluding diaryl/α,β-unsaturated/α-hetero) is 1. The van der Waals surface area contributed by atoms with Crippen molar-refractivity contribution in [1.29, 1.82) is 0 Å². The van der Waals surface area contributed by atoms with Crippen LogP contribution in [0.2, 0.25) is 0 Å². The Morgan fingerprint density at radius 1 is 1.29 bits per heavy atom. The van der Waals surface area contributed by atoms with Crippen LogP contribution in [0.15, 0.2) is 30.3 Å². The van der Waals surface area contributed by atoms with E-state index in [4.69, 9.17) is 4.74 Å². The molecule has 0 spiro atoms. The molecule has 0 amide bonds. The lowest BCUT2D eigenvalue weighted by atomic mass is 10.1. The molecule has 1 aromatic rings. The lowest BCUT2D eigenvalue weighted by Crippen LogP contribution is -2.15. The predicted molar refractivity (Wildman–Crippen MR) is 69.5 cm³/mol. The summed E-state index contributed by atoms with van der Waals surface area (Å²) in [5, 5.41) is 0. The van der Waals surface area contributed by atoms with Gasteiger partial charge in [0.1, 0.15) is 5.78 Å². The Hall–Kier alpha value is -1.00. The van der Waals surface area contributed by atoms with Gasteiger partial charge in [-0.25, -0.2) is 0 Å². The number of hydrogen-bond donors (Lipinski definition) is 0. The number of benzene rings is 1. The maximum absolute atomic E-state index is 11.6. The Bertz CT molecular complexity index is 362. The Labute approximate surface area is 105 Å². The van der Waals surface area contributed by atoms with E-state index in [1.54, 1.807) is 7.11 Å². The van der Waals surface area contributed by atoms with Gasteiger partial charge in [-0.3, -0.25) is 9.00 Å². The standard InChI is InChI=1S/C13H18O3S/c1-16-8-5-9-17(15)11-13(14)10-12-6-3-2-4-7-12/h2-4,6-7H,5,8-11H2,1H3. The predicted octanol–water partition coefficient (Wildman–Crippen LogP) is 1.58. The highest BCUT2D eigenvalue weighted by Crippen LogP contribution is 2.01. The van der Waals surface area contributed by atoms with Crippen LogP contribution >= 0.6 is 0 Å². The maximum Gasteiger partial charge on any atom is 0.149 e. The first-order valence-corrected chi connectivity index (χ1v) is 7.10. The molecule has 0 aliphatic rings. The second-order valence-corrected chi connectivity index (χ2v) is 5.41. The number of carbonyl (C=O) groups excluding carboxylic acids is 1. The van der Waals surface area contributed by atoms with Crippen molar-refractivity contribution in [2.45, 2.75) is 12.8 Å². The smallest absolute Gasteiger partial charge is 0.149 e. The van der Waals surface area contributed by atoms with Gasteiger partial charge >= 0.3 is 0 Å². The molecule has 0 aliphatic heterocycles. The Morgan fingerprint density at radius 2 is 2.00 bits per heavy atom. The van der Waals surface area contributed by atoms with Gasteiger partial charge in [0, 0.05) is 36.7 Å². The van der Waals surface area contributed by atoms with Crippen LogP contribution in [0.4, 0.5) is 0 Å². The fourth-order valence-electron chi connectivity index (χ4n) is 1.49. The van der Waals surface area contributed by atoms with Gasteiger partial charge in [0.15, 0.2) is 0 Å². The molecular weight excluding hydrogens is 236 g/mol. The molecule has 1 rings (SSSR count). The van der Waals surface area contributed by atoms with Crippen molar-refractivity contribution in [3.05, 3.63) is 35.9 Å². The molecule has 4 heteroatoms. The summed E-state index contributed by atoms with van der Waals surface area (Å²) in [5.74, 6) is 0.722. The zero-order chi connectivity index (χ0) is 12.5. The minimum atomic E-state index is -1.05. The highest BCUT2D eigenvalue weighted by atomic mass is 32.2. The molecule has 0 aromatic heterocycles. The molecule has 0 aliphatic carbocycles. The number of hydrogen-bond acceptors (Lipinski definition) is 3. The van der Waals surface area contributed by atoms with Gasteiger partial charge in [0.25, 0.3) is 0 Å². The minimum Gasteiger partial charge on any atom is -0.385 e. The lowest BCUT2D eigenvalue weighted by Gasteiger charge is -2.02. The third kappa shape index (κ3) is 6.34. The minimum absolute atomic E-state index is 0.0342. The van der Waals surface area contributed by atoms with Crippen LogP contribution in [0.5, 0.6) is 0 Å². The lowest BCUT2D eigenvalue weighted by molar-refractivity contribution is -0.116. The Kier molecular flexibility index (Phi) is 6.74. The SMILES string of the molecule is COCCCS(=O)CC(=O)Cc1ccccc1. The van der Waals surface area contributed by atoms with Gasteiger partial charge in [-0.05, 0) is 12.0 Å². The first-order chi connectivity index (χ1) is 8.22. The summed E-state index contributed by atoms with van der Waals surface area (Å²) in [6, 6.07) is 9.53. The van der Waals surface area contributed by atoms with Gasteiger partial charge in [-0.1, -0.05) is 30.3 Å². The fourth-order valence-corrected chi connectivity index (χ4v) is 2.54. The van der Waals surface area contributed by atoms with Crippen molar-refractivity contribution in [3.8, 4) is 0 Å². The molecule has 0 bridgehead atoms. The molecule has 1 aromatic carbocycles. The number of rotatable bonds is 8. The van der Waals surface area contributed by atoms with Crippen molar-refractivity contribution in [1.82, 2.24) is 0 Å². The molecule has 1 unspecified atom stereocenters. The molecule has 0 heterocycles. The van der Waals surface area contributed by atoms with Crippen molar-refractivity contribution in [3.63, 3.8) is 0 Å². The quantitative estimate of drug-likeness (QED) is 0.662. The first kappa shape index (κ1) is 14.1. The summed E-state index contributed by atoms with van der Waals surface area (Å²) in [6.45, 7) is 0.596. The van der Waals surface area contributed by atoms with Crippen LogP contribution in [0.25, 0.3) is 0 Å².